The van der Waals surface area contributed by atoms with Gasteiger partial charge in [-0.2, -0.15) is 0 Å². The average Bonchev–Trinajstić information content (AvgIpc) is 2.87. The molecule has 8 nitrogen and oxygen atoms in total. The molecule has 1 rings (SSSR count). The number of likely N-dealkylation sites (tertiary alicyclic amines) is 1. The summed E-state index contributed by atoms with van der Waals surface area (Å²) in [5.41, 5.74) is 0. The number of urea groups is 1. The van der Waals surface area contributed by atoms with Crippen molar-refractivity contribution >= 4 is 17.9 Å². The third kappa shape index (κ3) is 4.37. The first-order valence-electron chi connectivity index (χ1n) is 6.47. The van der Waals surface area contributed by atoms with Crippen LogP contribution in [0, 0.1) is 0 Å². The smallest absolute Gasteiger partial charge is 0.326 e. The third-order valence-corrected chi connectivity index (χ3v) is 3.12. The molecule has 8 heteroatoms. The monoisotopic (exact) mass is 287 g/mol. The van der Waals surface area contributed by atoms with Crippen LogP contribution in [0.15, 0.2) is 0 Å². The highest BCUT2D eigenvalue weighted by atomic mass is 16.5. The number of nitrogens with zero attached hydrogens (tertiary/aromatic N) is 2. The number of amides is 3. The number of likely N-dealkylation sites (N-methyl/N-ethyl adjacent to an activating group) is 1. The Morgan fingerprint density at radius 3 is 2.75 bits per heavy atom. The van der Waals surface area contributed by atoms with Gasteiger partial charge in [-0.1, -0.05) is 0 Å². The number of nitrogens with one attached hydrogen (secondary N) is 1. The zero-order valence-corrected chi connectivity index (χ0v) is 11.8. The molecule has 1 saturated heterocycles. The summed E-state index contributed by atoms with van der Waals surface area (Å²) in [4.78, 5) is 37.2. The van der Waals surface area contributed by atoms with Crippen LogP contribution < -0.4 is 5.32 Å². The Hall–Kier alpha value is -1.83. The van der Waals surface area contributed by atoms with Gasteiger partial charge in [-0.3, -0.25) is 4.79 Å². The molecule has 0 unspecified atom stereocenters. The van der Waals surface area contributed by atoms with Crippen molar-refractivity contribution < 1.29 is 24.2 Å². The van der Waals surface area contributed by atoms with Gasteiger partial charge < -0.3 is 25.0 Å². The van der Waals surface area contributed by atoms with E-state index in [-0.39, 0.29) is 12.5 Å². The lowest BCUT2D eigenvalue weighted by Gasteiger charge is -2.27. The van der Waals surface area contributed by atoms with Crippen LogP contribution in [0.3, 0.4) is 0 Å². The largest absolute Gasteiger partial charge is 0.480 e. The molecule has 0 bridgehead atoms. The molecule has 0 aromatic carbocycles. The highest BCUT2D eigenvalue weighted by Crippen LogP contribution is 2.18. The van der Waals surface area contributed by atoms with E-state index in [4.69, 9.17) is 9.84 Å². The van der Waals surface area contributed by atoms with E-state index in [0.29, 0.717) is 32.5 Å². The molecule has 1 fully saturated rings. The van der Waals surface area contributed by atoms with Gasteiger partial charge in [0.1, 0.15) is 12.6 Å². The number of hydrogen-bond donors (Lipinski definition) is 2. The number of rotatable bonds is 6. The molecule has 114 valence electrons. The van der Waals surface area contributed by atoms with Crippen LogP contribution in [-0.2, 0) is 14.3 Å². The van der Waals surface area contributed by atoms with E-state index in [1.807, 2.05) is 0 Å². The van der Waals surface area contributed by atoms with Gasteiger partial charge in [0.05, 0.1) is 6.61 Å². The van der Waals surface area contributed by atoms with Crippen LogP contribution in [0.1, 0.15) is 12.8 Å². The minimum atomic E-state index is -1.01. The van der Waals surface area contributed by atoms with Gasteiger partial charge in [0, 0.05) is 27.2 Å². The molecule has 0 aliphatic carbocycles. The van der Waals surface area contributed by atoms with Crippen LogP contribution in [0.5, 0.6) is 0 Å². The van der Waals surface area contributed by atoms with Crippen molar-refractivity contribution in [2.45, 2.75) is 18.9 Å². The fourth-order valence-corrected chi connectivity index (χ4v) is 2.10. The zero-order valence-electron chi connectivity index (χ0n) is 11.8. The summed E-state index contributed by atoms with van der Waals surface area (Å²) in [7, 11) is 3.01. The highest BCUT2D eigenvalue weighted by molar-refractivity contribution is 5.87. The Kier molecular flexibility index (Phi) is 6.23. The maximum atomic E-state index is 12.1. The minimum Gasteiger partial charge on any atom is -0.480 e. The summed E-state index contributed by atoms with van der Waals surface area (Å²) in [5.74, 6) is -1.31. The van der Waals surface area contributed by atoms with Crippen LogP contribution in [0.2, 0.25) is 0 Å². The van der Waals surface area contributed by atoms with E-state index in [9.17, 15) is 14.4 Å². The molecule has 1 aliphatic heterocycles. The lowest BCUT2D eigenvalue weighted by Crippen LogP contribution is -2.49. The normalized spacial score (nSPS) is 17.9. The Balaban J connectivity index is 2.46. The quantitative estimate of drug-likeness (QED) is 0.632. The van der Waals surface area contributed by atoms with Crippen LogP contribution >= 0.6 is 0 Å². The van der Waals surface area contributed by atoms with E-state index >= 15 is 0 Å². The Morgan fingerprint density at radius 1 is 1.45 bits per heavy atom. The number of carbonyl (C=O) groups is 3. The Morgan fingerprint density at radius 2 is 2.15 bits per heavy atom. The van der Waals surface area contributed by atoms with Crippen molar-refractivity contribution in [2.24, 2.45) is 0 Å². The van der Waals surface area contributed by atoms with Gasteiger partial charge in [0.2, 0.25) is 5.91 Å². The van der Waals surface area contributed by atoms with Crippen molar-refractivity contribution in [1.82, 2.24) is 15.1 Å². The fourth-order valence-electron chi connectivity index (χ4n) is 2.10. The second kappa shape index (κ2) is 7.68. The third-order valence-electron chi connectivity index (χ3n) is 3.12. The summed E-state index contributed by atoms with van der Waals surface area (Å²) in [6.07, 6.45) is 1.12. The predicted molar refractivity (Wildman–Crippen MR) is 70.3 cm³/mol. The van der Waals surface area contributed by atoms with E-state index in [1.54, 1.807) is 0 Å². The second-order valence-corrected chi connectivity index (χ2v) is 4.67. The number of carboxylic acids is 1. The maximum absolute atomic E-state index is 12.1. The lowest BCUT2D eigenvalue weighted by molar-refractivity contribution is -0.141. The molecule has 0 radical (unpaired) electrons. The molecular weight excluding hydrogens is 266 g/mol. The summed E-state index contributed by atoms with van der Waals surface area (Å²) in [5, 5.41) is 11.6. The number of aliphatic carboxylic acids is 1. The summed E-state index contributed by atoms with van der Waals surface area (Å²) in [6, 6.07) is -1.22. The average molecular weight is 287 g/mol. The number of methoxy groups -OCH3 is 1. The van der Waals surface area contributed by atoms with Crippen molar-refractivity contribution in [1.29, 1.82) is 0 Å². The van der Waals surface area contributed by atoms with E-state index in [0.717, 1.165) is 0 Å². The second-order valence-electron chi connectivity index (χ2n) is 4.67. The molecule has 1 heterocycles. The molecule has 20 heavy (non-hydrogen) atoms. The molecule has 0 aromatic heterocycles. The maximum Gasteiger partial charge on any atom is 0.326 e. The molecule has 0 saturated carbocycles. The Labute approximate surface area is 117 Å². The van der Waals surface area contributed by atoms with Gasteiger partial charge >= 0.3 is 12.0 Å². The predicted octanol–water partition coefficient (Wildman–Crippen LogP) is -0.650. The van der Waals surface area contributed by atoms with E-state index < -0.39 is 18.0 Å². The molecule has 1 atom stereocenters. The van der Waals surface area contributed by atoms with Crippen LogP contribution in [-0.4, -0.2) is 79.3 Å². The first kappa shape index (κ1) is 16.2. The number of carbonyl (C=O) groups excluding carboxylic acids is 2. The zero-order chi connectivity index (χ0) is 15.1. The van der Waals surface area contributed by atoms with Gasteiger partial charge in [-0.15, -0.1) is 0 Å². The lowest BCUT2D eigenvalue weighted by atomic mass is 10.2. The molecule has 0 spiro atoms. The van der Waals surface area contributed by atoms with E-state index in [1.165, 1.54) is 24.0 Å². The molecule has 0 aromatic rings. The molecule has 3 amide bonds. The van der Waals surface area contributed by atoms with Gasteiger partial charge in [0.15, 0.2) is 0 Å². The van der Waals surface area contributed by atoms with Crippen LogP contribution in [0.25, 0.3) is 0 Å². The summed E-state index contributed by atoms with van der Waals surface area (Å²) >= 11 is 0. The molecule has 2 N–H and O–H groups in total. The van der Waals surface area contributed by atoms with Crippen molar-refractivity contribution in [2.75, 3.05) is 40.4 Å². The first-order valence-corrected chi connectivity index (χ1v) is 6.47. The van der Waals surface area contributed by atoms with E-state index in [2.05, 4.69) is 5.32 Å². The first-order chi connectivity index (χ1) is 9.47. The van der Waals surface area contributed by atoms with Gasteiger partial charge in [-0.05, 0) is 12.8 Å². The van der Waals surface area contributed by atoms with Crippen molar-refractivity contribution in [3.63, 3.8) is 0 Å². The molecular formula is C12H21N3O5. The van der Waals surface area contributed by atoms with Crippen molar-refractivity contribution in [3.8, 4) is 0 Å². The topological polar surface area (TPSA) is 99.2 Å². The minimum absolute atomic E-state index is 0.106. The number of hydrogen-bond acceptors (Lipinski definition) is 4. The molecule has 1 aliphatic rings. The van der Waals surface area contributed by atoms with Crippen molar-refractivity contribution in [3.05, 3.63) is 0 Å². The van der Waals surface area contributed by atoms with Crippen LogP contribution in [0.4, 0.5) is 4.79 Å². The highest BCUT2D eigenvalue weighted by Gasteiger charge is 2.35. The fraction of sp³-hybridized carbons (Fsp3) is 0.750. The number of ether oxygens (including phenoxy) is 1. The number of carboxylic acid groups (broad SMARTS) is 1. The summed E-state index contributed by atoms with van der Waals surface area (Å²) < 4.78 is 4.80. The standard InChI is InChI=1S/C12H21N3O5/c1-14(8-10(16)13-5-7-20-2)12(19)15-6-3-4-9(15)11(17)18/h9H,3-8H2,1-2H3,(H,13,16)(H,17,18)/t9-/m1/s1. The summed E-state index contributed by atoms with van der Waals surface area (Å²) in [6.45, 7) is 1.08. The van der Waals surface area contributed by atoms with Gasteiger partial charge in [0.25, 0.3) is 0 Å². The van der Waals surface area contributed by atoms with Gasteiger partial charge in [-0.25, -0.2) is 9.59 Å². The Bertz CT molecular complexity index is 374. The SMILES string of the molecule is COCCNC(=O)CN(C)C(=O)N1CCC[C@@H]1C(=O)O.